The quantitative estimate of drug-likeness (QED) is 0.458. The number of carbonyl (C=O) groups excluding carboxylic acids is 1. The lowest BCUT2D eigenvalue weighted by atomic mass is 9.97. The van der Waals surface area contributed by atoms with Gasteiger partial charge in [0.15, 0.2) is 5.84 Å². The van der Waals surface area contributed by atoms with Crippen LogP contribution in [0.3, 0.4) is 0 Å². The summed E-state index contributed by atoms with van der Waals surface area (Å²) in [5, 5.41) is 0.854. The summed E-state index contributed by atoms with van der Waals surface area (Å²) in [5.41, 5.74) is 8.41. The zero-order valence-corrected chi connectivity index (χ0v) is 18.7. The molecule has 5 rings (SSSR count). The van der Waals surface area contributed by atoms with Gasteiger partial charge in [0.2, 0.25) is 0 Å². The van der Waals surface area contributed by atoms with Crippen LogP contribution in [0.4, 0.5) is 5.69 Å². The molecule has 2 aliphatic heterocycles. The molecule has 10 heteroatoms. The Kier molecular flexibility index (Phi) is 5.57. The lowest BCUT2D eigenvalue weighted by Crippen LogP contribution is -2.41. The van der Waals surface area contributed by atoms with Gasteiger partial charge in [-0.15, -0.1) is 4.40 Å². The van der Waals surface area contributed by atoms with Crippen LogP contribution in [0.1, 0.15) is 28.8 Å². The first kappa shape index (κ1) is 21.5. The van der Waals surface area contributed by atoms with Crippen LogP contribution < -0.4 is 15.2 Å². The van der Waals surface area contributed by atoms with E-state index in [4.69, 9.17) is 10.5 Å². The Labute approximate surface area is 192 Å². The summed E-state index contributed by atoms with van der Waals surface area (Å²) in [6.45, 7) is 1.70. The number of ether oxygens (including phenoxy) is 1. The minimum absolute atomic E-state index is 0.00109. The second-order valence-electron chi connectivity index (χ2n) is 8.22. The second kappa shape index (κ2) is 8.54. The van der Waals surface area contributed by atoms with Crippen LogP contribution in [0.25, 0.3) is 10.9 Å². The SMILES string of the molecule is NC1=NS(O)(O)Nc2cccc(OCC3CCCN(C(=O)c4ccnc5ccccc45)C3)c21. The van der Waals surface area contributed by atoms with Crippen LogP contribution in [-0.2, 0) is 0 Å². The topological polar surface area (TPSA) is 133 Å². The Morgan fingerprint density at radius 3 is 2.94 bits per heavy atom. The van der Waals surface area contributed by atoms with E-state index < -0.39 is 11.0 Å². The number of hydrogen-bond acceptors (Lipinski definition) is 8. The summed E-state index contributed by atoms with van der Waals surface area (Å²) in [4.78, 5) is 19.5. The fourth-order valence-electron chi connectivity index (χ4n) is 4.40. The molecule has 0 saturated carbocycles. The minimum atomic E-state index is -3.35. The van der Waals surface area contributed by atoms with Crippen LogP contribution in [0.5, 0.6) is 5.75 Å². The maximum absolute atomic E-state index is 13.3. The van der Waals surface area contributed by atoms with Crippen LogP contribution in [0.2, 0.25) is 0 Å². The standard InChI is InChI=1S/C23H25N5O4S/c24-22-21-19(26-33(30,31)27-22)8-3-9-20(21)32-14-15-5-4-12-28(13-15)23(29)17-10-11-25-18-7-2-1-6-16(17)18/h1-3,6-11,15,26,30-31H,4-5,12-14H2,(H2,24,27). The molecule has 0 spiro atoms. The van der Waals surface area contributed by atoms with Crippen molar-refractivity contribution in [3.05, 3.63) is 65.9 Å². The van der Waals surface area contributed by atoms with Crippen LogP contribution in [0.15, 0.2) is 59.1 Å². The van der Waals surface area contributed by atoms with Gasteiger partial charge in [0.25, 0.3) is 5.91 Å². The zero-order valence-electron chi connectivity index (χ0n) is 17.8. The number of benzene rings is 2. The molecule has 1 unspecified atom stereocenters. The van der Waals surface area contributed by atoms with Gasteiger partial charge in [0.05, 0.1) is 28.9 Å². The number of carbonyl (C=O) groups is 1. The smallest absolute Gasteiger partial charge is 0.254 e. The van der Waals surface area contributed by atoms with E-state index in [2.05, 4.69) is 14.1 Å². The molecule has 5 N–H and O–H groups in total. The molecular weight excluding hydrogens is 442 g/mol. The first-order chi connectivity index (χ1) is 15.9. The minimum Gasteiger partial charge on any atom is -0.492 e. The Bertz CT molecular complexity index is 1240. The number of nitrogens with zero attached hydrogens (tertiary/aromatic N) is 3. The lowest BCUT2D eigenvalue weighted by Gasteiger charge is -2.34. The van der Waals surface area contributed by atoms with Crippen molar-refractivity contribution in [2.24, 2.45) is 16.0 Å². The zero-order chi connectivity index (χ0) is 23.0. The highest BCUT2D eigenvalue weighted by Gasteiger charge is 2.28. The number of amides is 1. The molecular formula is C23H25N5O4S. The number of rotatable bonds is 4. The number of anilines is 1. The number of amidine groups is 1. The van der Waals surface area contributed by atoms with E-state index in [1.54, 1.807) is 30.5 Å². The van der Waals surface area contributed by atoms with Crippen molar-refractivity contribution in [2.75, 3.05) is 24.4 Å². The van der Waals surface area contributed by atoms with Crippen molar-refractivity contribution in [2.45, 2.75) is 12.8 Å². The van der Waals surface area contributed by atoms with Crippen molar-refractivity contribution in [3.8, 4) is 5.75 Å². The van der Waals surface area contributed by atoms with Gasteiger partial charge < -0.3 is 15.4 Å². The average Bonchev–Trinajstić information content (AvgIpc) is 2.81. The van der Waals surface area contributed by atoms with Crippen LogP contribution in [0, 0.1) is 5.92 Å². The largest absolute Gasteiger partial charge is 0.492 e. The first-order valence-electron chi connectivity index (χ1n) is 10.7. The van der Waals surface area contributed by atoms with E-state index in [0.29, 0.717) is 42.3 Å². The Hall–Kier alpha value is -3.34. The molecule has 172 valence electrons. The van der Waals surface area contributed by atoms with E-state index >= 15 is 0 Å². The summed E-state index contributed by atoms with van der Waals surface area (Å²) in [6.07, 6.45) is 3.51. The fourth-order valence-corrected chi connectivity index (χ4v) is 5.28. The number of fused-ring (bicyclic) bond motifs is 2. The van der Waals surface area contributed by atoms with Gasteiger partial charge >= 0.3 is 0 Å². The second-order valence-corrected chi connectivity index (χ2v) is 9.65. The average molecular weight is 468 g/mol. The Morgan fingerprint density at radius 1 is 1.21 bits per heavy atom. The molecule has 3 heterocycles. The number of nitrogens with two attached hydrogens (primary N) is 1. The van der Waals surface area contributed by atoms with E-state index in [-0.39, 0.29) is 17.7 Å². The monoisotopic (exact) mass is 467 g/mol. The number of pyridine rings is 1. The number of para-hydroxylation sites is 1. The molecule has 2 aliphatic rings. The molecule has 9 nitrogen and oxygen atoms in total. The molecule has 1 aromatic heterocycles. The van der Waals surface area contributed by atoms with Gasteiger partial charge in [-0.3, -0.25) is 23.6 Å². The summed E-state index contributed by atoms with van der Waals surface area (Å²) < 4.78 is 32.1. The fraction of sp³-hybridized carbons (Fsp3) is 0.261. The van der Waals surface area contributed by atoms with Gasteiger partial charge in [-0.2, -0.15) is 0 Å². The van der Waals surface area contributed by atoms with Gasteiger partial charge in [0, 0.05) is 30.6 Å². The van der Waals surface area contributed by atoms with Crippen LogP contribution >= 0.6 is 11.0 Å². The molecule has 1 saturated heterocycles. The highest BCUT2D eigenvalue weighted by atomic mass is 32.3. The molecule has 3 aromatic rings. The van der Waals surface area contributed by atoms with Crippen molar-refractivity contribution in [1.82, 2.24) is 9.88 Å². The maximum Gasteiger partial charge on any atom is 0.254 e. The van der Waals surface area contributed by atoms with Gasteiger partial charge in [-0.05, 0) is 48.1 Å². The maximum atomic E-state index is 13.3. The third-order valence-electron chi connectivity index (χ3n) is 5.92. The van der Waals surface area contributed by atoms with E-state index in [0.717, 1.165) is 23.7 Å². The van der Waals surface area contributed by atoms with E-state index in [1.807, 2.05) is 29.2 Å². The molecule has 33 heavy (non-hydrogen) atoms. The predicted octanol–water partition coefficient (Wildman–Crippen LogP) is 3.88. The third-order valence-corrected chi connectivity index (χ3v) is 6.86. The third kappa shape index (κ3) is 4.32. The number of likely N-dealkylation sites (tertiary alicyclic amines) is 1. The van der Waals surface area contributed by atoms with Gasteiger partial charge in [0.1, 0.15) is 5.75 Å². The molecule has 1 fully saturated rings. The number of aromatic nitrogens is 1. The summed E-state index contributed by atoms with van der Waals surface area (Å²) in [5.74, 6) is 0.687. The van der Waals surface area contributed by atoms with E-state index in [9.17, 15) is 13.9 Å². The van der Waals surface area contributed by atoms with Crippen molar-refractivity contribution >= 4 is 39.3 Å². The first-order valence-corrected chi connectivity index (χ1v) is 12.2. The molecule has 1 atom stereocenters. The van der Waals surface area contributed by atoms with Crippen molar-refractivity contribution < 1.29 is 18.6 Å². The molecule has 0 radical (unpaired) electrons. The lowest BCUT2D eigenvalue weighted by molar-refractivity contribution is 0.0635. The molecule has 2 aromatic carbocycles. The highest BCUT2D eigenvalue weighted by molar-refractivity contribution is 8.24. The molecule has 1 amide bonds. The predicted molar refractivity (Wildman–Crippen MR) is 130 cm³/mol. The molecule has 0 aliphatic carbocycles. The highest BCUT2D eigenvalue weighted by Crippen LogP contribution is 2.46. The summed E-state index contributed by atoms with van der Waals surface area (Å²) in [6, 6.07) is 14.6. The number of nitrogens with one attached hydrogen (secondary N) is 1. The van der Waals surface area contributed by atoms with E-state index in [1.165, 1.54) is 0 Å². The van der Waals surface area contributed by atoms with Crippen LogP contribution in [-0.4, -0.2) is 50.4 Å². The summed E-state index contributed by atoms with van der Waals surface area (Å²) in [7, 11) is -3.35. The Balaban J connectivity index is 1.30. The van der Waals surface area contributed by atoms with Crippen molar-refractivity contribution in [1.29, 1.82) is 0 Å². The number of piperidine rings is 1. The summed E-state index contributed by atoms with van der Waals surface area (Å²) >= 11 is 0. The Morgan fingerprint density at radius 2 is 2.06 bits per heavy atom. The molecule has 0 bridgehead atoms. The van der Waals surface area contributed by atoms with Crippen molar-refractivity contribution in [3.63, 3.8) is 0 Å². The van der Waals surface area contributed by atoms with Gasteiger partial charge in [-0.1, -0.05) is 24.3 Å². The normalized spacial score (nSPS) is 20.4. The number of hydrogen-bond donors (Lipinski definition) is 4. The van der Waals surface area contributed by atoms with Gasteiger partial charge in [-0.25, -0.2) is 0 Å².